The van der Waals surface area contributed by atoms with Gasteiger partial charge in [-0.2, -0.15) is 0 Å². The fraction of sp³-hybridized carbons (Fsp3) is 1.00. The average molecular weight is 285 g/mol. The normalized spacial score (nSPS) is 13.6. The highest BCUT2D eigenvalue weighted by atomic mass is 27.2. The van der Waals surface area contributed by atoms with Crippen molar-refractivity contribution in [2.24, 2.45) is 11.8 Å². The SMILES string of the molecule is CCCN(CCC)C(C)[O][Al]([CH2]C(C)C)[CH2]C(C)C. The number of hydrogen-bond donors (Lipinski definition) is 0. The highest BCUT2D eigenvalue weighted by Gasteiger charge is 2.27. The quantitative estimate of drug-likeness (QED) is 0.400. The van der Waals surface area contributed by atoms with Crippen molar-refractivity contribution in [1.82, 2.24) is 4.90 Å². The minimum Gasteiger partial charge on any atom is -0.487 e. The molecule has 0 amide bonds. The Morgan fingerprint density at radius 3 is 1.58 bits per heavy atom. The van der Waals surface area contributed by atoms with Gasteiger partial charge >= 0.3 is 14.5 Å². The van der Waals surface area contributed by atoms with E-state index in [0.29, 0.717) is 6.23 Å². The molecule has 114 valence electrons. The van der Waals surface area contributed by atoms with E-state index in [4.69, 9.17) is 3.79 Å². The van der Waals surface area contributed by atoms with Crippen molar-refractivity contribution < 1.29 is 3.79 Å². The summed E-state index contributed by atoms with van der Waals surface area (Å²) in [4.78, 5) is 2.51. The van der Waals surface area contributed by atoms with Gasteiger partial charge in [0.1, 0.15) is 0 Å². The van der Waals surface area contributed by atoms with Crippen LogP contribution in [0.2, 0.25) is 10.6 Å². The predicted molar refractivity (Wildman–Crippen MR) is 87.7 cm³/mol. The van der Waals surface area contributed by atoms with E-state index in [2.05, 4.69) is 53.4 Å². The minimum atomic E-state index is -1.06. The lowest BCUT2D eigenvalue weighted by Gasteiger charge is -2.32. The summed E-state index contributed by atoms with van der Waals surface area (Å²) in [5.74, 6) is 1.54. The van der Waals surface area contributed by atoms with Crippen LogP contribution in [0.4, 0.5) is 0 Å². The van der Waals surface area contributed by atoms with Gasteiger partial charge in [-0.25, -0.2) is 0 Å². The summed E-state index contributed by atoms with van der Waals surface area (Å²) in [5, 5.41) is 2.63. The van der Waals surface area contributed by atoms with Crippen LogP contribution in [0.25, 0.3) is 0 Å². The standard InChI is InChI=1S/C8H18NO.2C4H9.Al/c1-4-6-9(7-5-2)8(3)10;2*1-4(2)3;/h8H,4-7H2,1-3H3;2*4H,1H2,2-3H3;/q-1;;;+1. The van der Waals surface area contributed by atoms with Crippen molar-refractivity contribution in [2.45, 2.75) is 78.1 Å². The van der Waals surface area contributed by atoms with Gasteiger partial charge < -0.3 is 3.79 Å². The minimum absolute atomic E-state index is 0.314. The third-order valence-electron chi connectivity index (χ3n) is 3.39. The van der Waals surface area contributed by atoms with Crippen LogP contribution < -0.4 is 0 Å². The Bertz CT molecular complexity index is 193. The zero-order valence-electron chi connectivity index (χ0n) is 14.4. The van der Waals surface area contributed by atoms with E-state index in [1.54, 1.807) is 0 Å². The van der Waals surface area contributed by atoms with Crippen molar-refractivity contribution >= 4 is 14.5 Å². The number of rotatable bonds is 11. The van der Waals surface area contributed by atoms with Crippen LogP contribution in [0.1, 0.15) is 61.3 Å². The van der Waals surface area contributed by atoms with Crippen LogP contribution >= 0.6 is 0 Å². The number of hydrogen-bond acceptors (Lipinski definition) is 2. The van der Waals surface area contributed by atoms with Crippen molar-refractivity contribution in [3.63, 3.8) is 0 Å². The maximum absolute atomic E-state index is 6.50. The van der Waals surface area contributed by atoms with Crippen molar-refractivity contribution in [2.75, 3.05) is 13.1 Å². The van der Waals surface area contributed by atoms with E-state index in [1.807, 2.05) is 0 Å². The molecule has 0 saturated carbocycles. The molecule has 19 heavy (non-hydrogen) atoms. The van der Waals surface area contributed by atoms with Crippen LogP contribution in [0.15, 0.2) is 0 Å². The van der Waals surface area contributed by atoms with E-state index >= 15 is 0 Å². The van der Waals surface area contributed by atoms with E-state index < -0.39 is 14.5 Å². The predicted octanol–water partition coefficient (Wildman–Crippen LogP) is 4.77. The van der Waals surface area contributed by atoms with Crippen molar-refractivity contribution in [3.05, 3.63) is 0 Å². The molecule has 0 saturated heterocycles. The lowest BCUT2D eigenvalue weighted by atomic mass is 10.3. The second kappa shape index (κ2) is 11.1. The molecule has 2 nitrogen and oxygen atoms in total. The van der Waals surface area contributed by atoms with Gasteiger partial charge in [0.25, 0.3) is 0 Å². The highest BCUT2D eigenvalue weighted by molar-refractivity contribution is 6.52. The van der Waals surface area contributed by atoms with Gasteiger partial charge in [-0.1, -0.05) is 63.9 Å². The maximum Gasteiger partial charge on any atom is 0.462 e. The Labute approximate surface area is 126 Å². The molecule has 0 aliphatic rings. The molecule has 0 radical (unpaired) electrons. The Balaban J connectivity index is 4.42. The molecule has 0 rings (SSSR count). The Kier molecular flexibility index (Phi) is 11.4. The first-order chi connectivity index (χ1) is 8.90. The fourth-order valence-electron chi connectivity index (χ4n) is 2.67. The summed E-state index contributed by atoms with van der Waals surface area (Å²) in [6.45, 7) is 18.4. The van der Waals surface area contributed by atoms with E-state index in [-0.39, 0.29) is 0 Å². The van der Waals surface area contributed by atoms with Crippen molar-refractivity contribution in [3.8, 4) is 0 Å². The molecule has 0 fully saturated rings. The molecule has 0 aliphatic carbocycles. The third-order valence-corrected chi connectivity index (χ3v) is 7.11. The molecule has 0 N–H and O–H groups in total. The molecular formula is C16H36AlNO. The Morgan fingerprint density at radius 2 is 1.26 bits per heavy atom. The van der Waals surface area contributed by atoms with Crippen LogP contribution in [-0.4, -0.2) is 38.7 Å². The largest absolute Gasteiger partial charge is 0.487 e. The second-order valence-corrected chi connectivity index (χ2v) is 9.11. The van der Waals surface area contributed by atoms with Crippen LogP contribution in [0.5, 0.6) is 0 Å². The molecule has 0 bridgehead atoms. The summed E-state index contributed by atoms with van der Waals surface area (Å²) in [6.07, 6.45) is 2.75. The monoisotopic (exact) mass is 285 g/mol. The highest BCUT2D eigenvalue weighted by Crippen LogP contribution is 2.18. The molecule has 0 aromatic heterocycles. The zero-order chi connectivity index (χ0) is 14.8. The molecule has 1 unspecified atom stereocenters. The Morgan fingerprint density at radius 1 is 0.842 bits per heavy atom. The van der Waals surface area contributed by atoms with Gasteiger partial charge in [0, 0.05) is 13.1 Å². The summed E-state index contributed by atoms with van der Waals surface area (Å²) < 4.78 is 6.50. The molecule has 0 aromatic carbocycles. The van der Waals surface area contributed by atoms with Crippen LogP contribution in [0.3, 0.4) is 0 Å². The van der Waals surface area contributed by atoms with Gasteiger partial charge in [0.15, 0.2) is 0 Å². The van der Waals surface area contributed by atoms with Gasteiger partial charge in [0.05, 0.1) is 6.23 Å². The first kappa shape index (κ1) is 19.5. The maximum atomic E-state index is 6.50. The molecule has 3 heteroatoms. The van der Waals surface area contributed by atoms with Crippen LogP contribution in [-0.2, 0) is 3.79 Å². The lowest BCUT2D eigenvalue weighted by molar-refractivity contribution is 0.0357. The zero-order valence-corrected chi connectivity index (χ0v) is 15.6. The summed E-state index contributed by atoms with van der Waals surface area (Å²) in [7, 11) is 0. The molecule has 0 spiro atoms. The van der Waals surface area contributed by atoms with Crippen molar-refractivity contribution in [1.29, 1.82) is 0 Å². The van der Waals surface area contributed by atoms with Gasteiger partial charge in [0.2, 0.25) is 0 Å². The van der Waals surface area contributed by atoms with Gasteiger partial charge in [-0.05, 0) is 19.8 Å². The molecule has 0 aliphatic heterocycles. The van der Waals surface area contributed by atoms with Gasteiger partial charge in [-0.15, -0.1) is 0 Å². The summed E-state index contributed by atoms with van der Waals surface area (Å²) in [6, 6.07) is 0. The average Bonchev–Trinajstić information content (AvgIpc) is 2.26. The van der Waals surface area contributed by atoms with E-state index in [9.17, 15) is 0 Å². The van der Waals surface area contributed by atoms with E-state index in [0.717, 1.165) is 11.8 Å². The topological polar surface area (TPSA) is 12.5 Å². The summed E-state index contributed by atoms with van der Waals surface area (Å²) >= 11 is -1.06. The molecule has 0 heterocycles. The Hall–Kier alpha value is 0.452. The first-order valence-electron chi connectivity index (χ1n) is 8.30. The second-order valence-electron chi connectivity index (χ2n) is 6.65. The molecular weight excluding hydrogens is 249 g/mol. The fourth-order valence-corrected chi connectivity index (χ4v) is 5.92. The third kappa shape index (κ3) is 9.91. The summed E-state index contributed by atoms with van der Waals surface area (Å²) in [5.41, 5.74) is 0. The smallest absolute Gasteiger partial charge is 0.462 e. The van der Waals surface area contributed by atoms with Gasteiger partial charge in [-0.3, -0.25) is 4.90 Å². The first-order valence-corrected chi connectivity index (χ1v) is 10.4. The van der Waals surface area contributed by atoms with Crippen LogP contribution in [0, 0.1) is 11.8 Å². The van der Waals surface area contributed by atoms with E-state index in [1.165, 1.54) is 36.5 Å². The lowest BCUT2D eigenvalue weighted by Crippen LogP contribution is -2.40. The molecule has 0 aromatic rings. The number of nitrogens with zero attached hydrogens (tertiary/aromatic N) is 1. The molecule has 1 atom stereocenters.